The minimum atomic E-state index is -0.224. The third-order valence-corrected chi connectivity index (χ3v) is 1.27. The Kier molecular flexibility index (Phi) is 2.41. The number of ether oxygens (including phenoxy) is 2. The molecular weight excluding hydrogens is 120 g/mol. The molecule has 1 fully saturated rings. The molecule has 1 aliphatic heterocycles. The first kappa shape index (κ1) is 6.95. The van der Waals surface area contributed by atoms with E-state index in [0.29, 0.717) is 19.7 Å². The lowest BCUT2D eigenvalue weighted by molar-refractivity contribution is -0.0475. The van der Waals surface area contributed by atoms with E-state index in [2.05, 4.69) is 0 Å². The molecule has 2 unspecified atom stereocenters. The van der Waals surface area contributed by atoms with E-state index in [4.69, 9.17) is 20.9 Å². The fourth-order valence-corrected chi connectivity index (χ4v) is 0.755. The zero-order chi connectivity index (χ0) is 6.69. The zero-order valence-corrected chi connectivity index (χ0v) is 5.25. The molecule has 1 saturated heterocycles. The lowest BCUT2D eigenvalue weighted by Crippen LogP contribution is -2.25. The van der Waals surface area contributed by atoms with E-state index in [1.807, 2.05) is 0 Å². The summed E-state index contributed by atoms with van der Waals surface area (Å²) in [6, 6.07) is 0. The molecule has 0 aromatic rings. The van der Waals surface area contributed by atoms with Crippen LogP contribution in [-0.2, 0) is 9.47 Å². The predicted molar refractivity (Wildman–Crippen MR) is 32.7 cm³/mol. The number of nitrogens with two attached hydrogens (primary N) is 2. The minimum Gasteiger partial charge on any atom is -0.349 e. The average molecular weight is 132 g/mol. The Bertz CT molecular complexity index is 79.0. The van der Waals surface area contributed by atoms with E-state index < -0.39 is 0 Å². The van der Waals surface area contributed by atoms with Gasteiger partial charge in [-0.1, -0.05) is 0 Å². The lowest BCUT2D eigenvalue weighted by Gasteiger charge is -2.05. The van der Waals surface area contributed by atoms with Crippen molar-refractivity contribution < 1.29 is 9.47 Å². The molecule has 0 radical (unpaired) electrons. The molecule has 1 heterocycles. The Hall–Kier alpha value is -0.160. The van der Waals surface area contributed by atoms with Crippen molar-refractivity contribution in [3.05, 3.63) is 0 Å². The monoisotopic (exact) mass is 132 g/mol. The summed E-state index contributed by atoms with van der Waals surface area (Å²) in [6.07, 6.45) is -0.169. The van der Waals surface area contributed by atoms with E-state index in [0.717, 1.165) is 0 Å². The first-order chi connectivity index (χ1) is 4.36. The number of hydrogen-bond donors (Lipinski definition) is 2. The van der Waals surface area contributed by atoms with Crippen molar-refractivity contribution in [2.75, 3.05) is 19.7 Å². The van der Waals surface area contributed by atoms with E-state index in [-0.39, 0.29) is 12.4 Å². The highest BCUT2D eigenvalue weighted by atomic mass is 16.7. The number of hydrogen-bond acceptors (Lipinski definition) is 4. The molecule has 4 nitrogen and oxygen atoms in total. The third kappa shape index (κ3) is 1.62. The van der Waals surface area contributed by atoms with Crippen LogP contribution in [0.5, 0.6) is 0 Å². The summed E-state index contributed by atoms with van der Waals surface area (Å²) < 4.78 is 10.3. The molecule has 2 atom stereocenters. The SMILES string of the molecule is NCC1COC(CN)O1. The van der Waals surface area contributed by atoms with Crippen molar-refractivity contribution in [3.63, 3.8) is 0 Å². The van der Waals surface area contributed by atoms with E-state index in [1.54, 1.807) is 0 Å². The molecule has 0 aliphatic carbocycles. The van der Waals surface area contributed by atoms with Crippen LogP contribution in [0.1, 0.15) is 0 Å². The van der Waals surface area contributed by atoms with Crippen LogP contribution < -0.4 is 11.5 Å². The molecule has 0 amide bonds. The van der Waals surface area contributed by atoms with Gasteiger partial charge in [-0.3, -0.25) is 0 Å². The molecule has 0 aromatic carbocycles. The van der Waals surface area contributed by atoms with Crippen molar-refractivity contribution in [2.24, 2.45) is 11.5 Å². The van der Waals surface area contributed by atoms with Crippen molar-refractivity contribution in [1.29, 1.82) is 0 Å². The second kappa shape index (κ2) is 3.12. The lowest BCUT2D eigenvalue weighted by atomic mass is 10.4. The first-order valence-corrected chi connectivity index (χ1v) is 3.04. The topological polar surface area (TPSA) is 70.5 Å². The van der Waals surface area contributed by atoms with Crippen LogP contribution in [0, 0.1) is 0 Å². The largest absolute Gasteiger partial charge is 0.349 e. The van der Waals surface area contributed by atoms with E-state index >= 15 is 0 Å². The van der Waals surface area contributed by atoms with Crippen molar-refractivity contribution >= 4 is 0 Å². The van der Waals surface area contributed by atoms with Gasteiger partial charge in [0, 0.05) is 13.1 Å². The normalized spacial score (nSPS) is 35.3. The second-order valence-corrected chi connectivity index (χ2v) is 1.99. The standard InChI is InChI=1S/C5H12N2O2/c6-1-4-3-8-5(2-7)9-4/h4-5H,1-3,6-7H2. The van der Waals surface area contributed by atoms with Crippen molar-refractivity contribution in [3.8, 4) is 0 Å². The maximum absolute atomic E-state index is 5.30. The smallest absolute Gasteiger partial charge is 0.170 e. The fourth-order valence-electron chi connectivity index (χ4n) is 0.755. The summed E-state index contributed by atoms with van der Waals surface area (Å²) in [6.45, 7) is 1.51. The fraction of sp³-hybridized carbons (Fsp3) is 1.00. The van der Waals surface area contributed by atoms with Gasteiger partial charge in [-0.15, -0.1) is 0 Å². The zero-order valence-electron chi connectivity index (χ0n) is 5.25. The van der Waals surface area contributed by atoms with Gasteiger partial charge >= 0.3 is 0 Å². The molecule has 0 bridgehead atoms. The Balaban J connectivity index is 2.20. The quantitative estimate of drug-likeness (QED) is 0.487. The van der Waals surface area contributed by atoms with Gasteiger partial charge in [0.25, 0.3) is 0 Å². The Morgan fingerprint density at radius 1 is 1.33 bits per heavy atom. The molecule has 0 spiro atoms. The van der Waals surface area contributed by atoms with Gasteiger partial charge in [-0.25, -0.2) is 0 Å². The molecule has 54 valence electrons. The summed E-state index contributed by atoms with van der Waals surface area (Å²) in [5, 5.41) is 0. The molecule has 0 saturated carbocycles. The highest BCUT2D eigenvalue weighted by molar-refractivity contribution is 4.65. The summed E-state index contributed by atoms with van der Waals surface area (Å²) in [7, 11) is 0. The van der Waals surface area contributed by atoms with Gasteiger partial charge in [0.15, 0.2) is 6.29 Å². The van der Waals surface area contributed by atoms with Gasteiger partial charge in [0.2, 0.25) is 0 Å². The van der Waals surface area contributed by atoms with Crippen molar-refractivity contribution in [1.82, 2.24) is 0 Å². The summed E-state index contributed by atoms with van der Waals surface area (Å²) in [5.41, 5.74) is 10.6. The summed E-state index contributed by atoms with van der Waals surface area (Å²) in [5.74, 6) is 0. The maximum Gasteiger partial charge on any atom is 0.170 e. The molecule has 1 rings (SSSR count). The van der Waals surface area contributed by atoms with Crippen LogP contribution in [0.3, 0.4) is 0 Å². The van der Waals surface area contributed by atoms with Gasteiger partial charge in [0.1, 0.15) is 0 Å². The van der Waals surface area contributed by atoms with Crippen LogP contribution >= 0.6 is 0 Å². The van der Waals surface area contributed by atoms with Gasteiger partial charge in [-0.05, 0) is 0 Å². The Labute approximate surface area is 54.1 Å². The van der Waals surface area contributed by atoms with Crippen molar-refractivity contribution in [2.45, 2.75) is 12.4 Å². The molecule has 9 heavy (non-hydrogen) atoms. The number of rotatable bonds is 2. The van der Waals surface area contributed by atoms with Crippen LogP contribution in [0.25, 0.3) is 0 Å². The summed E-state index contributed by atoms with van der Waals surface area (Å²) in [4.78, 5) is 0. The molecular formula is C5H12N2O2. The predicted octanol–water partition coefficient (Wildman–Crippen LogP) is -1.35. The molecule has 4 heteroatoms. The van der Waals surface area contributed by atoms with Gasteiger partial charge in [-0.2, -0.15) is 0 Å². The second-order valence-electron chi connectivity index (χ2n) is 1.99. The Morgan fingerprint density at radius 3 is 2.44 bits per heavy atom. The van der Waals surface area contributed by atoms with E-state index in [9.17, 15) is 0 Å². The Morgan fingerprint density at radius 2 is 2.11 bits per heavy atom. The van der Waals surface area contributed by atoms with Crippen LogP contribution in [0.4, 0.5) is 0 Å². The average Bonchev–Trinajstić information content (AvgIpc) is 2.34. The van der Waals surface area contributed by atoms with Crippen LogP contribution in [0.15, 0.2) is 0 Å². The van der Waals surface area contributed by atoms with Crippen LogP contribution in [0.2, 0.25) is 0 Å². The van der Waals surface area contributed by atoms with Gasteiger partial charge in [0.05, 0.1) is 12.7 Å². The molecule has 0 aromatic heterocycles. The highest BCUT2D eigenvalue weighted by Gasteiger charge is 2.22. The minimum absolute atomic E-state index is 0.0542. The first-order valence-electron chi connectivity index (χ1n) is 3.04. The van der Waals surface area contributed by atoms with Gasteiger partial charge < -0.3 is 20.9 Å². The summed E-state index contributed by atoms with van der Waals surface area (Å²) >= 11 is 0. The third-order valence-electron chi connectivity index (χ3n) is 1.27. The molecule has 1 aliphatic rings. The highest BCUT2D eigenvalue weighted by Crippen LogP contribution is 2.08. The van der Waals surface area contributed by atoms with Crippen LogP contribution in [-0.4, -0.2) is 32.1 Å². The van der Waals surface area contributed by atoms with E-state index in [1.165, 1.54) is 0 Å². The maximum atomic E-state index is 5.30. The molecule has 4 N–H and O–H groups in total.